The molecule has 0 spiro atoms. The molecule has 4 heteroatoms. The quantitative estimate of drug-likeness (QED) is 0.767. The maximum Gasteiger partial charge on any atom is 0.137 e. The molecule has 1 aliphatic heterocycles. The van der Waals surface area contributed by atoms with E-state index in [-0.39, 0.29) is 0 Å². The van der Waals surface area contributed by atoms with E-state index in [9.17, 15) is 0 Å². The number of nitrogens with zero attached hydrogens (tertiary/aromatic N) is 3. The predicted molar refractivity (Wildman–Crippen MR) is 80.9 cm³/mol. The van der Waals surface area contributed by atoms with Crippen molar-refractivity contribution in [3.63, 3.8) is 0 Å². The van der Waals surface area contributed by atoms with E-state index < -0.39 is 0 Å². The van der Waals surface area contributed by atoms with Gasteiger partial charge in [0.05, 0.1) is 0 Å². The molecule has 1 aromatic heterocycles. The second kappa shape index (κ2) is 6.08. The average molecular weight is 282 g/mol. The van der Waals surface area contributed by atoms with Crippen LogP contribution in [0.2, 0.25) is 5.15 Å². The third kappa shape index (κ3) is 3.38. The van der Waals surface area contributed by atoms with Crippen LogP contribution in [0.15, 0.2) is 0 Å². The molecule has 19 heavy (non-hydrogen) atoms. The fraction of sp³-hybridized carbons (Fsp3) is 0.733. The number of rotatable bonds is 2. The first kappa shape index (κ1) is 14.6. The van der Waals surface area contributed by atoms with Gasteiger partial charge in [-0.1, -0.05) is 25.4 Å². The largest absolute Gasteiger partial charge is 0.356 e. The highest BCUT2D eigenvalue weighted by Crippen LogP contribution is 2.29. The van der Waals surface area contributed by atoms with Crippen molar-refractivity contribution in [2.75, 3.05) is 18.0 Å². The molecule has 0 radical (unpaired) electrons. The third-order valence-electron chi connectivity index (χ3n) is 4.19. The van der Waals surface area contributed by atoms with Gasteiger partial charge >= 0.3 is 0 Å². The molecule has 0 aliphatic carbocycles. The Morgan fingerprint density at radius 3 is 2.58 bits per heavy atom. The number of aryl methyl sites for hydroxylation is 1. The van der Waals surface area contributed by atoms with Gasteiger partial charge in [0.1, 0.15) is 16.8 Å². The Kier molecular flexibility index (Phi) is 4.67. The summed E-state index contributed by atoms with van der Waals surface area (Å²) < 4.78 is 0. The van der Waals surface area contributed by atoms with E-state index >= 15 is 0 Å². The second-order valence-corrected chi connectivity index (χ2v) is 6.29. The van der Waals surface area contributed by atoms with Gasteiger partial charge in [0, 0.05) is 18.7 Å². The van der Waals surface area contributed by atoms with Gasteiger partial charge in [-0.2, -0.15) is 0 Å². The summed E-state index contributed by atoms with van der Waals surface area (Å²) in [5, 5.41) is 0.590. The zero-order valence-electron chi connectivity index (χ0n) is 12.4. The Morgan fingerprint density at radius 2 is 1.89 bits per heavy atom. The number of hydrogen-bond donors (Lipinski definition) is 0. The van der Waals surface area contributed by atoms with Crippen LogP contribution >= 0.6 is 11.6 Å². The Labute approximate surface area is 121 Å². The molecule has 0 amide bonds. The molecule has 106 valence electrons. The molecule has 1 atom stereocenters. The minimum atomic E-state index is 0.590. The lowest BCUT2D eigenvalue weighted by Crippen LogP contribution is -2.27. The van der Waals surface area contributed by atoms with Gasteiger partial charge in [-0.15, -0.1) is 0 Å². The van der Waals surface area contributed by atoms with Crippen molar-refractivity contribution < 1.29 is 0 Å². The molecule has 2 heterocycles. The molecule has 1 aliphatic rings. The fourth-order valence-corrected chi connectivity index (χ4v) is 3.10. The maximum absolute atomic E-state index is 6.18. The Hall–Kier alpha value is -0.830. The second-order valence-electron chi connectivity index (χ2n) is 5.93. The van der Waals surface area contributed by atoms with Crippen LogP contribution in [0.5, 0.6) is 0 Å². The van der Waals surface area contributed by atoms with Crippen molar-refractivity contribution in [1.82, 2.24) is 9.97 Å². The standard InChI is InChI=1S/C15H24ClN3/c1-10(2)13-6-5-8-19(9-7-13)15-11(3)14(16)17-12(4)18-15/h10,13H,5-9H2,1-4H3. The first-order valence-electron chi connectivity index (χ1n) is 7.24. The summed E-state index contributed by atoms with van der Waals surface area (Å²) in [6.07, 6.45) is 3.81. The Balaban J connectivity index is 2.19. The highest BCUT2D eigenvalue weighted by molar-refractivity contribution is 6.30. The highest BCUT2D eigenvalue weighted by Gasteiger charge is 2.22. The normalized spacial score (nSPS) is 20.7. The van der Waals surface area contributed by atoms with Crippen LogP contribution in [0, 0.1) is 25.7 Å². The van der Waals surface area contributed by atoms with E-state index in [1.807, 2.05) is 13.8 Å². The molecule has 1 aromatic rings. The number of halogens is 1. The van der Waals surface area contributed by atoms with Crippen LogP contribution < -0.4 is 4.90 Å². The first-order valence-corrected chi connectivity index (χ1v) is 7.62. The summed E-state index contributed by atoms with van der Waals surface area (Å²) in [6.45, 7) is 10.7. The van der Waals surface area contributed by atoms with Gasteiger partial charge in [-0.25, -0.2) is 9.97 Å². The molecule has 0 saturated carbocycles. The van der Waals surface area contributed by atoms with Crippen LogP contribution in [-0.2, 0) is 0 Å². The molecule has 2 rings (SSSR count). The van der Waals surface area contributed by atoms with Gasteiger partial charge in [0.15, 0.2) is 0 Å². The smallest absolute Gasteiger partial charge is 0.137 e. The first-order chi connectivity index (χ1) is 8.99. The van der Waals surface area contributed by atoms with E-state index in [2.05, 4.69) is 28.7 Å². The van der Waals surface area contributed by atoms with Crippen molar-refractivity contribution in [2.45, 2.75) is 47.0 Å². The lowest BCUT2D eigenvalue weighted by Gasteiger charge is -2.24. The predicted octanol–water partition coefficient (Wildman–Crippen LogP) is 4.01. The molecular formula is C15H24ClN3. The number of anilines is 1. The summed E-state index contributed by atoms with van der Waals surface area (Å²) in [5.41, 5.74) is 1.01. The van der Waals surface area contributed by atoms with E-state index in [1.54, 1.807) is 0 Å². The summed E-state index contributed by atoms with van der Waals surface area (Å²) in [7, 11) is 0. The zero-order chi connectivity index (χ0) is 14.0. The maximum atomic E-state index is 6.18. The van der Waals surface area contributed by atoms with Gasteiger partial charge in [-0.05, 0) is 44.9 Å². The van der Waals surface area contributed by atoms with E-state index in [1.165, 1.54) is 19.3 Å². The highest BCUT2D eigenvalue weighted by atomic mass is 35.5. The van der Waals surface area contributed by atoms with Gasteiger partial charge in [-0.3, -0.25) is 0 Å². The van der Waals surface area contributed by atoms with Crippen LogP contribution in [-0.4, -0.2) is 23.1 Å². The SMILES string of the molecule is Cc1nc(Cl)c(C)c(N2CCCC(C(C)C)CC2)n1. The Bertz CT molecular complexity index is 445. The minimum Gasteiger partial charge on any atom is -0.356 e. The van der Waals surface area contributed by atoms with Gasteiger partial charge < -0.3 is 4.90 Å². The fourth-order valence-electron chi connectivity index (χ4n) is 2.89. The molecule has 1 saturated heterocycles. The molecule has 0 N–H and O–H groups in total. The average Bonchev–Trinajstić information content (AvgIpc) is 2.59. The zero-order valence-corrected chi connectivity index (χ0v) is 13.2. The van der Waals surface area contributed by atoms with Crippen molar-refractivity contribution in [3.05, 3.63) is 16.5 Å². The topological polar surface area (TPSA) is 29.0 Å². The van der Waals surface area contributed by atoms with Crippen LogP contribution in [0.4, 0.5) is 5.82 Å². The van der Waals surface area contributed by atoms with Crippen LogP contribution in [0.25, 0.3) is 0 Å². The van der Waals surface area contributed by atoms with Crippen LogP contribution in [0.1, 0.15) is 44.5 Å². The Morgan fingerprint density at radius 1 is 1.16 bits per heavy atom. The van der Waals surface area contributed by atoms with Gasteiger partial charge in [0.25, 0.3) is 0 Å². The molecular weight excluding hydrogens is 258 g/mol. The van der Waals surface area contributed by atoms with Crippen molar-refractivity contribution in [3.8, 4) is 0 Å². The summed E-state index contributed by atoms with van der Waals surface area (Å²) in [5.74, 6) is 3.40. The molecule has 3 nitrogen and oxygen atoms in total. The van der Waals surface area contributed by atoms with Gasteiger partial charge in [0.2, 0.25) is 0 Å². The summed E-state index contributed by atoms with van der Waals surface area (Å²) in [6, 6.07) is 0. The summed E-state index contributed by atoms with van der Waals surface area (Å²) >= 11 is 6.18. The van der Waals surface area contributed by atoms with E-state index in [4.69, 9.17) is 11.6 Å². The third-order valence-corrected chi connectivity index (χ3v) is 4.56. The van der Waals surface area contributed by atoms with Crippen molar-refractivity contribution in [1.29, 1.82) is 0 Å². The lowest BCUT2D eigenvalue weighted by molar-refractivity contribution is 0.351. The van der Waals surface area contributed by atoms with Crippen molar-refractivity contribution in [2.24, 2.45) is 11.8 Å². The summed E-state index contributed by atoms with van der Waals surface area (Å²) in [4.78, 5) is 11.2. The molecule has 1 unspecified atom stereocenters. The lowest BCUT2D eigenvalue weighted by atomic mass is 9.89. The molecule has 0 aromatic carbocycles. The van der Waals surface area contributed by atoms with E-state index in [0.717, 1.165) is 42.1 Å². The minimum absolute atomic E-state index is 0.590. The number of aromatic nitrogens is 2. The van der Waals surface area contributed by atoms with Crippen LogP contribution in [0.3, 0.4) is 0 Å². The molecule has 1 fully saturated rings. The number of hydrogen-bond acceptors (Lipinski definition) is 3. The molecule has 0 bridgehead atoms. The monoisotopic (exact) mass is 281 g/mol. The van der Waals surface area contributed by atoms with E-state index in [0.29, 0.717) is 5.15 Å². The van der Waals surface area contributed by atoms with Crippen molar-refractivity contribution >= 4 is 17.4 Å².